The highest BCUT2D eigenvalue weighted by Gasteiger charge is 2.25. The van der Waals surface area contributed by atoms with E-state index in [1.807, 2.05) is 0 Å². The second-order valence-electron chi connectivity index (χ2n) is 5.21. The largest absolute Gasteiger partial charge is 0.338 e. The van der Waals surface area contributed by atoms with Crippen LogP contribution in [-0.2, 0) is 0 Å². The first-order valence-corrected chi connectivity index (χ1v) is 6.54. The fourth-order valence-electron chi connectivity index (χ4n) is 2.60. The Kier molecular flexibility index (Phi) is 3.83. The number of amides is 1. The maximum absolute atomic E-state index is 12.4. The van der Waals surface area contributed by atoms with E-state index in [4.69, 9.17) is 0 Å². The Balaban J connectivity index is 2.28. The number of carbonyl (C=O) groups is 1. The lowest BCUT2D eigenvalue weighted by Gasteiger charge is -2.31. The van der Waals surface area contributed by atoms with E-state index in [9.17, 15) is 14.9 Å². The smallest absolute Gasteiger partial charge is 0.273 e. The molecule has 1 atom stereocenters. The molecule has 1 aromatic carbocycles. The van der Waals surface area contributed by atoms with Crippen molar-refractivity contribution in [1.82, 2.24) is 4.90 Å². The lowest BCUT2D eigenvalue weighted by molar-refractivity contribution is -0.385. The highest BCUT2D eigenvalue weighted by atomic mass is 16.6. The molecule has 0 N–H and O–H groups in total. The van der Waals surface area contributed by atoms with Crippen LogP contribution in [0.15, 0.2) is 18.2 Å². The summed E-state index contributed by atoms with van der Waals surface area (Å²) in [5.74, 6) is 0.407. The van der Waals surface area contributed by atoms with Crippen molar-refractivity contribution in [2.45, 2.75) is 26.7 Å². The molecule has 2 rings (SSSR count). The summed E-state index contributed by atoms with van der Waals surface area (Å²) in [6.45, 7) is 5.24. The Morgan fingerprint density at radius 2 is 2.21 bits per heavy atom. The van der Waals surface area contributed by atoms with Crippen molar-refractivity contribution in [2.24, 2.45) is 5.92 Å². The number of hydrogen-bond acceptors (Lipinski definition) is 3. The van der Waals surface area contributed by atoms with Gasteiger partial charge in [-0.1, -0.05) is 13.0 Å². The Bertz CT molecular complexity index is 513. The number of nitro benzene ring substituents is 1. The van der Waals surface area contributed by atoms with Crippen LogP contribution in [0.25, 0.3) is 0 Å². The van der Waals surface area contributed by atoms with Crippen LogP contribution < -0.4 is 0 Å². The van der Waals surface area contributed by atoms with E-state index >= 15 is 0 Å². The number of nitrogens with zero attached hydrogens (tertiary/aromatic N) is 2. The van der Waals surface area contributed by atoms with Crippen molar-refractivity contribution in [2.75, 3.05) is 13.1 Å². The first-order chi connectivity index (χ1) is 9.00. The average molecular weight is 262 g/mol. The zero-order valence-electron chi connectivity index (χ0n) is 11.3. The number of nitro groups is 1. The molecule has 1 fully saturated rings. The summed E-state index contributed by atoms with van der Waals surface area (Å²) in [4.78, 5) is 24.7. The Morgan fingerprint density at radius 3 is 2.84 bits per heavy atom. The summed E-state index contributed by atoms with van der Waals surface area (Å²) < 4.78 is 0. The monoisotopic (exact) mass is 262 g/mol. The van der Waals surface area contributed by atoms with Gasteiger partial charge in [-0.15, -0.1) is 0 Å². The molecule has 0 aromatic heterocycles. The summed E-state index contributed by atoms with van der Waals surface area (Å²) in [6.07, 6.45) is 2.14. The Morgan fingerprint density at radius 1 is 1.47 bits per heavy atom. The van der Waals surface area contributed by atoms with Crippen LogP contribution >= 0.6 is 0 Å². The molecule has 1 heterocycles. The van der Waals surface area contributed by atoms with Gasteiger partial charge in [-0.25, -0.2) is 0 Å². The standard InChI is InChI=1S/C14H18N2O3/c1-10-5-4-8-15(9-10)14(17)12-6-3-7-13(11(12)2)16(18)19/h3,6-7,10H,4-5,8-9H2,1-2H3. The third-order valence-electron chi connectivity index (χ3n) is 3.68. The minimum Gasteiger partial charge on any atom is -0.338 e. The van der Waals surface area contributed by atoms with Gasteiger partial charge in [0.2, 0.25) is 0 Å². The Labute approximate surface area is 112 Å². The summed E-state index contributed by atoms with van der Waals surface area (Å²) in [5.41, 5.74) is 0.912. The normalized spacial score (nSPS) is 19.3. The molecule has 1 aromatic rings. The van der Waals surface area contributed by atoms with Crippen molar-refractivity contribution >= 4 is 11.6 Å². The molecule has 1 amide bonds. The second kappa shape index (κ2) is 5.38. The molecule has 1 aliphatic heterocycles. The topological polar surface area (TPSA) is 63.5 Å². The van der Waals surface area contributed by atoms with E-state index < -0.39 is 4.92 Å². The van der Waals surface area contributed by atoms with Crippen molar-refractivity contribution in [3.8, 4) is 0 Å². The van der Waals surface area contributed by atoms with Crippen molar-refractivity contribution < 1.29 is 9.72 Å². The molecule has 0 saturated carbocycles. The van der Waals surface area contributed by atoms with Gasteiger partial charge in [-0.05, 0) is 31.7 Å². The van der Waals surface area contributed by atoms with E-state index in [1.54, 1.807) is 24.0 Å². The van der Waals surface area contributed by atoms with E-state index in [2.05, 4.69) is 6.92 Å². The molecule has 0 spiro atoms. The van der Waals surface area contributed by atoms with Crippen molar-refractivity contribution in [3.05, 3.63) is 39.4 Å². The van der Waals surface area contributed by atoms with E-state index in [0.717, 1.165) is 25.9 Å². The minimum atomic E-state index is -0.440. The lowest BCUT2D eigenvalue weighted by Crippen LogP contribution is -2.39. The quantitative estimate of drug-likeness (QED) is 0.608. The fourth-order valence-corrected chi connectivity index (χ4v) is 2.60. The summed E-state index contributed by atoms with van der Waals surface area (Å²) >= 11 is 0. The molecule has 0 bridgehead atoms. The van der Waals surface area contributed by atoms with Gasteiger partial charge in [0.15, 0.2) is 0 Å². The van der Waals surface area contributed by atoms with Gasteiger partial charge in [0.1, 0.15) is 0 Å². The maximum atomic E-state index is 12.4. The average Bonchev–Trinajstić information content (AvgIpc) is 2.38. The van der Waals surface area contributed by atoms with E-state index in [0.29, 0.717) is 17.0 Å². The van der Waals surface area contributed by atoms with Gasteiger partial charge >= 0.3 is 0 Å². The zero-order chi connectivity index (χ0) is 14.0. The highest BCUT2D eigenvalue weighted by molar-refractivity contribution is 5.96. The number of hydrogen-bond donors (Lipinski definition) is 0. The third-order valence-corrected chi connectivity index (χ3v) is 3.68. The van der Waals surface area contributed by atoms with Crippen LogP contribution in [0.3, 0.4) is 0 Å². The first-order valence-electron chi connectivity index (χ1n) is 6.54. The summed E-state index contributed by atoms with van der Waals surface area (Å²) in [6, 6.07) is 4.68. The molecule has 1 saturated heterocycles. The van der Waals surface area contributed by atoms with Crippen LogP contribution in [0.4, 0.5) is 5.69 Å². The summed E-state index contributed by atoms with van der Waals surface area (Å²) in [5, 5.41) is 10.9. The number of benzene rings is 1. The SMILES string of the molecule is Cc1c(C(=O)N2CCCC(C)C2)cccc1[N+](=O)[O-]. The molecule has 5 nitrogen and oxygen atoms in total. The molecule has 1 unspecified atom stereocenters. The van der Waals surface area contributed by atoms with Crippen LogP contribution in [-0.4, -0.2) is 28.8 Å². The molecule has 1 aliphatic rings. The van der Waals surface area contributed by atoms with Gasteiger partial charge in [-0.2, -0.15) is 0 Å². The van der Waals surface area contributed by atoms with Gasteiger partial charge in [0.05, 0.1) is 4.92 Å². The number of rotatable bonds is 2. The second-order valence-corrected chi connectivity index (χ2v) is 5.21. The van der Waals surface area contributed by atoms with Gasteiger partial charge < -0.3 is 4.90 Å². The predicted molar refractivity (Wildman–Crippen MR) is 72.1 cm³/mol. The molecule has 0 aliphatic carbocycles. The maximum Gasteiger partial charge on any atom is 0.273 e. The first kappa shape index (κ1) is 13.5. The van der Waals surface area contributed by atoms with Crippen molar-refractivity contribution in [3.63, 3.8) is 0 Å². The molecular formula is C14H18N2O3. The van der Waals surface area contributed by atoms with E-state index in [-0.39, 0.29) is 11.6 Å². The van der Waals surface area contributed by atoms with Gasteiger partial charge in [-0.3, -0.25) is 14.9 Å². The highest BCUT2D eigenvalue weighted by Crippen LogP contribution is 2.24. The van der Waals surface area contributed by atoms with Crippen LogP contribution in [0.2, 0.25) is 0 Å². The minimum absolute atomic E-state index is 0.0101. The molecule has 5 heteroatoms. The van der Waals surface area contributed by atoms with E-state index in [1.165, 1.54) is 6.07 Å². The fraction of sp³-hybridized carbons (Fsp3) is 0.500. The molecule has 0 radical (unpaired) electrons. The Hall–Kier alpha value is -1.91. The summed E-state index contributed by atoms with van der Waals surface area (Å²) in [7, 11) is 0. The van der Waals surface area contributed by atoms with Gasteiger partial charge in [0.25, 0.3) is 11.6 Å². The number of likely N-dealkylation sites (tertiary alicyclic amines) is 1. The molecule has 19 heavy (non-hydrogen) atoms. The molecular weight excluding hydrogens is 244 g/mol. The van der Waals surface area contributed by atoms with Crippen molar-refractivity contribution in [1.29, 1.82) is 0 Å². The number of carbonyl (C=O) groups excluding carboxylic acids is 1. The lowest BCUT2D eigenvalue weighted by atomic mass is 9.98. The predicted octanol–water partition coefficient (Wildman–Crippen LogP) is 2.78. The van der Waals surface area contributed by atoms with Crippen LogP contribution in [0, 0.1) is 23.0 Å². The zero-order valence-corrected chi connectivity index (χ0v) is 11.3. The van der Waals surface area contributed by atoms with Crippen LogP contribution in [0.1, 0.15) is 35.7 Å². The third kappa shape index (κ3) is 2.75. The molecule has 102 valence electrons. The van der Waals surface area contributed by atoms with Crippen LogP contribution in [0.5, 0.6) is 0 Å². The van der Waals surface area contributed by atoms with Gasteiger partial charge in [0, 0.05) is 30.3 Å². The number of piperidine rings is 1.